The molecule has 26 heavy (non-hydrogen) atoms. The van der Waals surface area contributed by atoms with E-state index in [1.54, 1.807) is 12.1 Å². The highest BCUT2D eigenvalue weighted by molar-refractivity contribution is 7.90. The Morgan fingerprint density at radius 3 is 2.35 bits per heavy atom. The molecule has 1 heterocycles. The smallest absolute Gasteiger partial charge is 0.254 e. The van der Waals surface area contributed by atoms with E-state index in [9.17, 15) is 13.2 Å². The molecule has 0 aliphatic carbocycles. The Bertz CT molecular complexity index is 874. The van der Waals surface area contributed by atoms with Crippen LogP contribution in [-0.4, -0.2) is 45.1 Å². The number of hydrogen-bond donors (Lipinski definition) is 1. The number of aryl methyl sites for hydroxylation is 1. The third kappa shape index (κ3) is 3.97. The highest BCUT2D eigenvalue weighted by Gasteiger charge is 2.28. The summed E-state index contributed by atoms with van der Waals surface area (Å²) >= 11 is 0. The van der Waals surface area contributed by atoms with E-state index in [-0.39, 0.29) is 16.8 Å². The maximum absolute atomic E-state index is 13.0. The average Bonchev–Trinajstić information content (AvgIpc) is 2.67. The summed E-state index contributed by atoms with van der Waals surface area (Å²) in [6, 6.07) is 14.5. The summed E-state index contributed by atoms with van der Waals surface area (Å²) in [5.41, 5.74) is 2.89. The number of hydrogen-bond acceptors (Lipinski definition) is 4. The Balaban J connectivity index is 1.85. The lowest BCUT2D eigenvalue weighted by Crippen LogP contribution is -2.48. The molecule has 1 unspecified atom stereocenters. The van der Waals surface area contributed by atoms with E-state index in [1.165, 1.54) is 17.7 Å². The van der Waals surface area contributed by atoms with Crippen LogP contribution in [0.4, 0.5) is 0 Å². The number of amides is 1. The molecule has 6 heteroatoms. The molecular weight excluding hydrogens is 348 g/mol. The molecule has 2 aromatic rings. The van der Waals surface area contributed by atoms with Crippen molar-refractivity contribution in [3.63, 3.8) is 0 Å². The third-order valence-electron chi connectivity index (χ3n) is 4.81. The SMILES string of the molecule is CCc1ccc(C2CNCCN2C(=O)c2ccc(S(C)(=O)=O)cc2)cc1. The Labute approximate surface area is 154 Å². The summed E-state index contributed by atoms with van der Waals surface area (Å²) < 4.78 is 23.2. The number of rotatable bonds is 4. The lowest BCUT2D eigenvalue weighted by Gasteiger charge is -2.36. The highest BCUT2D eigenvalue weighted by Crippen LogP contribution is 2.25. The quantitative estimate of drug-likeness (QED) is 0.895. The van der Waals surface area contributed by atoms with Gasteiger partial charge in [0.2, 0.25) is 0 Å². The van der Waals surface area contributed by atoms with Crippen molar-refractivity contribution in [2.24, 2.45) is 0 Å². The summed E-state index contributed by atoms with van der Waals surface area (Å²) in [5.74, 6) is -0.0730. The van der Waals surface area contributed by atoms with Gasteiger partial charge in [0.05, 0.1) is 10.9 Å². The van der Waals surface area contributed by atoms with E-state index in [0.717, 1.165) is 24.8 Å². The molecule has 0 spiro atoms. The lowest BCUT2D eigenvalue weighted by atomic mass is 10.00. The zero-order valence-corrected chi connectivity index (χ0v) is 15.9. The van der Waals surface area contributed by atoms with Gasteiger partial charge in [0, 0.05) is 31.5 Å². The van der Waals surface area contributed by atoms with Gasteiger partial charge < -0.3 is 10.2 Å². The molecule has 0 bridgehead atoms. The number of carbonyl (C=O) groups excluding carboxylic acids is 1. The number of nitrogens with zero attached hydrogens (tertiary/aromatic N) is 1. The monoisotopic (exact) mass is 372 g/mol. The number of piperazine rings is 1. The second kappa shape index (κ2) is 7.60. The van der Waals surface area contributed by atoms with Crippen molar-refractivity contribution >= 4 is 15.7 Å². The molecule has 1 amide bonds. The molecular formula is C20H24N2O3S. The summed E-state index contributed by atoms with van der Waals surface area (Å²) in [6.07, 6.45) is 2.15. The predicted octanol–water partition coefficient (Wildman–Crippen LogP) is 2.44. The fraction of sp³-hybridized carbons (Fsp3) is 0.350. The molecule has 0 radical (unpaired) electrons. The molecule has 0 aromatic heterocycles. The van der Waals surface area contributed by atoms with E-state index in [0.29, 0.717) is 18.7 Å². The van der Waals surface area contributed by atoms with Gasteiger partial charge in [-0.25, -0.2) is 8.42 Å². The standard InChI is InChI=1S/C20H24N2O3S/c1-3-15-4-6-16(7-5-15)19-14-21-12-13-22(19)20(23)17-8-10-18(11-9-17)26(2,24)25/h4-11,19,21H,3,12-14H2,1-2H3. The van der Waals surface area contributed by atoms with Crippen LogP contribution < -0.4 is 5.32 Å². The zero-order chi connectivity index (χ0) is 18.7. The van der Waals surface area contributed by atoms with Crippen LogP contribution in [0.1, 0.15) is 34.5 Å². The molecule has 138 valence electrons. The maximum atomic E-state index is 13.0. The summed E-state index contributed by atoms with van der Waals surface area (Å²) in [4.78, 5) is 15.1. The second-order valence-electron chi connectivity index (χ2n) is 6.61. The zero-order valence-electron chi connectivity index (χ0n) is 15.1. The van der Waals surface area contributed by atoms with Crippen molar-refractivity contribution in [1.82, 2.24) is 10.2 Å². The molecule has 1 fully saturated rings. The Hall–Kier alpha value is -2.18. The van der Waals surface area contributed by atoms with Gasteiger partial charge in [-0.3, -0.25) is 4.79 Å². The van der Waals surface area contributed by atoms with Gasteiger partial charge in [0.15, 0.2) is 9.84 Å². The lowest BCUT2D eigenvalue weighted by molar-refractivity contribution is 0.0634. The Morgan fingerprint density at radius 1 is 1.12 bits per heavy atom. The third-order valence-corrected chi connectivity index (χ3v) is 5.93. The molecule has 1 N–H and O–H groups in total. The molecule has 1 aliphatic heterocycles. The van der Waals surface area contributed by atoms with Crippen LogP contribution in [0.3, 0.4) is 0 Å². The summed E-state index contributed by atoms with van der Waals surface area (Å²) in [5, 5.41) is 3.35. The number of benzene rings is 2. The van der Waals surface area contributed by atoms with E-state index >= 15 is 0 Å². The predicted molar refractivity (Wildman–Crippen MR) is 102 cm³/mol. The molecule has 1 atom stereocenters. The Morgan fingerprint density at radius 2 is 1.77 bits per heavy atom. The van der Waals surface area contributed by atoms with Crippen LogP contribution in [0.2, 0.25) is 0 Å². The number of sulfone groups is 1. The summed E-state index contributed by atoms with van der Waals surface area (Å²) in [6.45, 7) is 4.19. The van der Waals surface area contributed by atoms with Crippen LogP contribution in [0.25, 0.3) is 0 Å². The van der Waals surface area contributed by atoms with Crippen molar-refractivity contribution in [1.29, 1.82) is 0 Å². The van der Waals surface area contributed by atoms with Gasteiger partial charge in [0.25, 0.3) is 5.91 Å². The van der Waals surface area contributed by atoms with Crippen molar-refractivity contribution < 1.29 is 13.2 Å². The largest absolute Gasteiger partial charge is 0.329 e. The molecule has 5 nitrogen and oxygen atoms in total. The normalized spacial score (nSPS) is 17.9. The first-order valence-corrected chi connectivity index (χ1v) is 10.7. The molecule has 0 saturated carbocycles. The number of carbonyl (C=O) groups is 1. The molecule has 3 rings (SSSR count). The van der Waals surface area contributed by atoms with Gasteiger partial charge in [-0.05, 0) is 41.8 Å². The van der Waals surface area contributed by atoms with Crippen molar-refractivity contribution in [3.8, 4) is 0 Å². The topological polar surface area (TPSA) is 66.5 Å². The van der Waals surface area contributed by atoms with E-state index in [4.69, 9.17) is 0 Å². The average molecular weight is 372 g/mol. The van der Waals surface area contributed by atoms with Gasteiger partial charge in [-0.2, -0.15) is 0 Å². The van der Waals surface area contributed by atoms with E-state index in [1.807, 2.05) is 4.90 Å². The van der Waals surface area contributed by atoms with Gasteiger partial charge >= 0.3 is 0 Å². The fourth-order valence-corrected chi connectivity index (χ4v) is 3.86. The van der Waals surface area contributed by atoms with Crippen molar-refractivity contribution in [2.75, 3.05) is 25.9 Å². The first-order valence-electron chi connectivity index (χ1n) is 8.81. The van der Waals surface area contributed by atoms with Crippen molar-refractivity contribution in [2.45, 2.75) is 24.3 Å². The minimum Gasteiger partial charge on any atom is -0.329 e. The molecule has 1 saturated heterocycles. The first-order chi connectivity index (χ1) is 12.4. The molecule has 1 aliphatic rings. The van der Waals surface area contributed by atoms with E-state index in [2.05, 4.69) is 36.5 Å². The van der Waals surface area contributed by atoms with Gasteiger partial charge in [0.1, 0.15) is 0 Å². The van der Waals surface area contributed by atoms with E-state index < -0.39 is 9.84 Å². The summed E-state index contributed by atoms with van der Waals surface area (Å²) in [7, 11) is -3.27. The maximum Gasteiger partial charge on any atom is 0.254 e. The van der Waals surface area contributed by atoms with Crippen LogP contribution in [0.15, 0.2) is 53.4 Å². The minimum absolute atomic E-state index is 0.0308. The second-order valence-corrected chi connectivity index (χ2v) is 8.63. The van der Waals surface area contributed by atoms with Crippen LogP contribution in [0, 0.1) is 0 Å². The Kier molecular flexibility index (Phi) is 5.44. The first kappa shape index (κ1) is 18.6. The number of nitrogens with one attached hydrogen (secondary N) is 1. The van der Waals surface area contributed by atoms with Gasteiger partial charge in [-0.15, -0.1) is 0 Å². The molecule has 2 aromatic carbocycles. The van der Waals surface area contributed by atoms with Crippen LogP contribution in [-0.2, 0) is 16.3 Å². The van der Waals surface area contributed by atoms with Crippen LogP contribution in [0.5, 0.6) is 0 Å². The van der Waals surface area contributed by atoms with Crippen LogP contribution >= 0.6 is 0 Å². The van der Waals surface area contributed by atoms with Gasteiger partial charge in [-0.1, -0.05) is 31.2 Å². The highest BCUT2D eigenvalue weighted by atomic mass is 32.2. The minimum atomic E-state index is -3.27. The van der Waals surface area contributed by atoms with Crippen molar-refractivity contribution in [3.05, 3.63) is 65.2 Å². The fourth-order valence-electron chi connectivity index (χ4n) is 3.23.